The third-order valence-electron chi connectivity index (χ3n) is 1.87. The quantitative estimate of drug-likeness (QED) is 0.420. The molecule has 0 aromatic heterocycles. The first-order chi connectivity index (χ1) is 4.66. The Hall–Kier alpha value is -0.160. The van der Waals surface area contributed by atoms with Gasteiger partial charge in [-0.15, -0.1) is 0 Å². The van der Waals surface area contributed by atoms with Gasteiger partial charge in [-0.3, -0.25) is 0 Å². The van der Waals surface area contributed by atoms with Gasteiger partial charge in [0.1, 0.15) is 0 Å². The molecule has 1 rings (SSSR count). The van der Waals surface area contributed by atoms with Gasteiger partial charge in [-0.1, -0.05) is 0 Å². The maximum atomic E-state index is 9.21. The smallest absolute Gasteiger partial charge is 0.0987 e. The van der Waals surface area contributed by atoms with E-state index in [0.717, 1.165) is 0 Å². The lowest BCUT2D eigenvalue weighted by Crippen LogP contribution is -2.41. The highest BCUT2D eigenvalue weighted by Crippen LogP contribution is 2.18. The molecule has 1 heterocycles. The first-order valence-corrected chi connectivity index (χ1v) is 3.36. The van der Waals surface area contributed by atoms with E-state index < -0.39 is 18.2 Å². The van der Waals surface area contributed by atoms with Crippen molar-refractivity contribution in [3.63, 3.8) is 0 Å². The Balaban J connectivity index is 2.53. The molecule has 4 heteroatoms. The summed E-state index contributed by atoms with van der Waals surface area (Å²) in [4.78, 5) is 0. The van der Waals surface area contributed by atoms with Gasteiger partial charge in [0.25, 0.3) is 0 Å². The van der Waals surface area contributed by atoms with Gasteiger partial charge in [0, 0.05) is 0 Å². The summed E-state index contributed by atoms with van der Waals surface area (Å²) in [6.45, 7) is 1.61. The Kier molecular flexibility index (Phi) is 2.25. The fourth-order valence-electron chi connectivity index (χ4n) is 1.14. The van der Waals surface area contributed by atoms with Crippen molar-refractivity contribution < 1.29 is 14.9 Å². The molecular weight excluding hydrogens is 134 g/mol. The molecule has 1 aliphatic rings. The molecule has 0 aromatic carbocycles. The monoisotopic (exact) mass is 147 g/mol. The van der Waals surface area contributed by atoms with Gasteiger partial charge in [-0.25, -0.2) is 0 Å². The molecule has 4 nitrogen and oxygen atoms in total. The Labute approximate surface area is 59.6 Å². The average Bonchev–Trinajstić information content (AvgIpc) is 2.17. The lowest BCUT2D eigenvalue weighted by Gasteiger charge is -2.11. The van der Waals surface area contributed by atoms with Crippen molar-refractivity contribution in [1.82, 2.24) is 0 Å². The zero-order valence-electron chi connectivity index (χ0n) is 5.90. The van der Waals surface area contributed by atoms with Crippen molar-refractivity contribution in [2.24, 2.45) is 5.73 Å². The molecular formula is C6H13NO3. The van der Waals surface area contributed by atoms with Crippen LogP contribution in [-0.4, -0.2) is 41.2 Å². The van der Waals surface area contributed by atoms with Crippen LogP contribution >= 0.6 is 0 Å². The third kappa shape index (κ3) is 1.15. The average molecular weight is 147 g/mol. The van der Waals surface area contributed by atoms with Crippen molar-refractivity contribution in [2.75, 3.05) is 6.61 Å². The summed E-state index contributed by atoms with van der Waals surface area (Å²) in [5.41, 5.74) is 5.49. The van der Waals surface area contributed by atoms with E-state index in [0.29, 0.717) is 0 Å². The van der Waals surface area contributed by atoms with Crippen LogP contribution in [-0.2, 0) is 4.74 Å². The molecule has 1 saturated heterocycles. The Morgan fingerprint density at radius 1 is 1.60 bits per heavy atom. The number of aliphatic hydroxyl groups is 2. The zero-order valence-corrected chi connectivity index (χ0v) is 5.90. The van der Waals surface area contributed by atoms with Crippen LogP contribution < -0.4 is 5.73 Å². The maximum absolute atomic E-state index is 9.21. The Bertz CT molecular complexity index is 120. The summed E-state index contributed by atoms with van der Waals surface area (Å²) in [5.74, 6) is 0. The maximum Gasteiger partial charge on any atom is 0.0987 e. The van der Waals surface area contributed by atoms with Gasteiger partial charge in [0.15, 0.2) is 0 Å². The topological polar surface area (TPSA) is 75.7 Å². The number of nitrogens with two attached hydrogens (primary N) is 1. The standard InChI is InChI=1S/C6H13NO3/c1-3-6(9)5(7)4(2-8)10-3/h3-6,8-9H,2,7H2,1H3/t3-,4-,5-,6?/m1/s1. The van der Waals surface area contributed by atoms with Crippen LogP contribution in [0.4, 0.5) is 0 Å². The first kappa shape index (κ1) is 7.94. The summed E-state index contributed by atoms with van der Waals surface area (Å²) in [7, 11) is 0. The normalized spacial score (nSPS) is 48.0. The van der Waals surface area contributed by atoms with Crippen molar-refractivity contribution in [3.05, 3.63) is 0 Å². The van der Waals surface area contributed by atoms with E-state index in [1.807, 2.05) is 0 Å². The van der Waals surface area contributed by atoms with Crippen LogP contribution in [0, 0.1) is 0 Å². The van der Waals surface area contributed by atoms with Gasteiger partial charge in [-0.05, 0) is 6.92 Å². The van der Waals surface area contributed by atoms with Crippen molar-refractivity contribution in [3.8, 4) is 0 Å². The van der Waals surface area contributed by atoms with Crippen LogP contribution in [0.15, 0.2) is 0 Å². The van der Waals surface area contributed by atoms with Crippen LogP contribution in [0.1, 0.15) is 6.92 Å². The molecule has 4 N–H and O–H groups in total. The molecule has 4 atom stereocenters. The van der Waals surface area contributed by atoms with E-state index >= 15 is 0 Å². The predicted molar refractivity (Wildman–Crippen MR) is 35.4 cm³/mol. The second kappa shape index (κ2) is 2.84. The highest BCUT2D eigenvalue weighted by Gasteiger charge is 2.38. The SMILES string of the molecule is C[C@H]1O[C@H](CO)[C@@H](N)C1O. The fraction of sp³-hybridized carbons (Fsp3) is 1.00. The second-order valence-electron chi connectivity index (χ2n) is 2.63. The summed E-state index contributed by atoms with van der Waals surface area (Å²) in [5, 5.41) is 17.9. The number of aliphatic hydroxyl groups excluding tert-OH is 2. The highest BCUT2D eigenvalue weighted by atomic mass is 16.5. The molecule has 0 radical (unpaired) electrons. The van der Waals surface area contributed by atoms with Gasteiger partial charge >= 0.3 is 0 Å². The summed E-state index contributed by atoms with van der Waals surface area (Å²) < 4.78 is 5.11. The van der Waals surface area contributed by atoms with Gasteiger partial charge in [0.05, 0.1) is 31.0 Å². The van der Waals surface area contributed by atoms with E-state index in [2.05, 4.69) is 0 Å². The van der Waals surface area contributed by atoms with Crippen LogP contribution in [0.5, 0.6) is 0 Å². The number of ether oxygens (including phenoxy) is 1. The van der Waals surface area contributed by atoms with Crippen molar-refractivity contribution >= 4 is 0 Å². The molecule has 0 aromatic rings. The fourth-order valence-corrected chi connectivity index (χ4v) is 1.14. The molecule has 1 aliphatic heterocycles. The molecule has 0 saturated carbocycles. The number of hydrogen-bond donors (Lipinski definition) is 3. The lowest BCUT2D eigenvalue weighted by atomic mass is 10.1. The Morgan fingerprint density at radius 3 is 2.40 bits per heavy atom. The molecule has 0 aliphatic carbocycles. The van der Waals surface area contributed by atoms with Crippen LogP contribution in [0.3, 0.4) is 0 Å². The summed E-state index contributed by atoms with van der Waals surface area (Å²) in [6, 6.07) is -0.444. The predicted octanol–water partition coefficient (Wildman–Crippen LogP) is -1.55. The summed E-state index contributed by atoms with van der Waals surface area (Å²) in [6.07, 6.45) is -1.30. The largest absolute Gasteiger partial charge is 0.394 e. The van der Waals surface area contributed by atoms with Gasteiger partial charge in [0.2, 0.25) is 0 Å². The third-order valence-corrected chi connectivity index (χ3v) is 1.87. The van der Waals surface area contributed by atoms with Crippen molar-refractivity contribution in [2.45, 2.75) is 31.3 Å². The molecule has 0 spiro atoms. The minimum atomic E-state index is -0.642. The highest BCUT2D eigenvalue weighted by molar-refractivity contribution is 4.90. The van der Waals surface area contributed by atoms with E-state index in [4.69, 9.17) is 15.6 Å². The molecule has 0 bridgehead atoms. The molecule has 0 amide bonds. The number of rotatable bonds is 1. The second-order valence-corrected chi connectivity index (χ2v) is 2.63. The summed E-state index contributed by atoms with van der Waals surface area (Å²) >= 11 is 0. The van der Waals surface area contributed by atoms with Gasteiger partial charge < -0.3 is 20.7 Å². The molecule has 1 fully saturated rings. The van der Waals surface area contributed by atoms with Crippen molar-refractivity contribution in [1.29, 1.82) is 0 Å². The van der Waals surface area contributed by atoms with E-state index in [1.54, 1.807) is 6.92 Å². The van der Waals surface area contributed by atoms with E-state index in [1.165, 1.54) is 0 Å². The molecule has 1 unspecified atom stereocenters. The minimum absolute atomic E-state index is 0.122. The van der Waals surface area contributed by atoms with Crippen LogP contribution in [0.25, 0.3) is 0 Å². The van der Waals surface area contributed by atoms with Crippen LogP contribution in [0.2, 0.25) is 0 Å². The van der Waals surface area contributed by atoms with E-state index in [9.17, 15) is 5.11 Å². The molecule has 10 heavy (non-hydrogen) atoms. The minimum Gasteiger partial charge on any atom is -0.394 e. The molecule has 60 valence electrons. The van der Waals surface area contributed by atoms with Gasteiger partial charge in [-0.2, -0.15) is 0 Å². The Morgan fingerprint density at radius 2 is 2.20 bits per heavy atom. The zero-order chi connectivity index (χ0) is 7.72. The lowest BCUT2D eigenvalue weighted by molar-refractivity contribution is -0.000140. The van der Waals surface area contributed by atoms with E-state index in [-0.39, 0.29) is 12.7 Å². The first-order valence-electron chi connectivity index (χ1n) is 3.36. The number of hydrogen-bond acceptors (Lipinski definition) is 4.